The van der Waals surface area contributed by atoms with Crippen molar-refractivity contribution in [1.29, 1.82) is 0 Å². The molecular weight excluding hydrogens is 231 g/mol. The molecule has 0 aliphatic carbocycles. The van der Waals surface area contributed by atoms with Gasteiger partial charge < -0.3 is 10.5 Å². The van der Waals surface area contributed by atoms with Crippen molar-refractivity contribution in [2.24, 2.45) is 5.73 Å². The Labute approximate surface area is 108 Å². The Morgan fingerprint density at radius 2 is 2.22 bits per heavy atom. The second-order valence-corrected chi connectivity index (χ2v) is 5.05. The minimum Gasteiger partial charge on any atom is -0.376 e. The van der Waals surface area contributed by atoms with Crippen LogP contribution in [0.4, 0.5) is 4.39 Å². The smallest absolute Gasteiger partial charge is 0.128 e. The van der Waals surface area contributed by atoms with Gasteiger partial charge in [0.05, 0.1) is 12.7 Å². The SMILES string of the molecule is CC1CN(Cc2ccc(CN)cc2F)C(C)CO1. The molecule has 1 aliphatic rings. The van der Waals surface area contributed by atoms with E-state index in [2.05, 4.69) is 11.8 Å². The summed E-state index contributed by atoms with van der Waals surface area (Å²) in [5, 5.41) is 0. The van der Waals surface area contributed by atoms with Gasteiger partial charge in [-0.25, -0.2) is 4.39 Å². The highest BCUT2D eigenvalue weighted by Crippen LogP contribution is 2.18. The fourth-order valence-corrected chi connectivity index (χ4v) is 2.26. The Hall–Kier alpha value is -0.970. The third kappa shape index (κ3) is 3.07. The second kappa shape index (κ2) is 5.78. The number of hydrogen-bond donors (Lipinski definition) is 1. The first kappa shape index (κ1) is 13.5. The molecule has 0 saturated carbocycles. The van der Waals surface area contributed by atoms with Crippen LogP contribution in [-0.4, -0.2) is 30.2 Å². The van der Waals surface area contributed by atoms with Gasteiger partial charge in [-0.2, -0.15) is 0 Å². The largest absolute Gasteiger partial charge is 0.376 e. The first-order chi connectivity index (χ1) is 8.60. The van der Waals surface area contributed by atoms with E-state index in [9.17, 15) is 4.39 Å². The molecule has 0 bridgehead atoms. The number of nitrogens with two attached hydrogens (primary N) is 1. The van der Waals surface area contributed by atoms with Crippen LogP contribution in [-0.2, 0) is 17.8 Å². The highest BCUT2D eigenvalue weighted by Gasteiger charge is 2.24. The molecule has 1 fully saturated rings. The number of halogens is 1. The molecule has 1 heterocycles. The van der Waals surface area contributed by atoms with Crippen molar-refractivity contribution in [3.8, 4) is 0 Å². The number of hydrogen-bond acceptors (Lipinski definition) is 3. The number of morpholine rings is 1. The van der Waals surface area contributed by atoms with Crippen LogP contribution in [0.3, 0.4) is 0 Å². The summed E-state index contributed by atoms with van der Waals surface area (Å²) in [6, 6.07) is 5.59. The lowest BCUT2D eigenvalue weighted by Gasteiger charge is -2.36. The van der Waals surface area contributed by atoms with E-state index in [4.69, 9.17) is 10.5 Å². The molecule has 1 saturated heterocycles. The predicted octanol–water partition coefficient (Wildman–Crippen LogP) is 1.89. The molecule has 0 spiro atoms. The summed E-state index contributed by atoms with van der Waals surface area (Å²) in [7, 11) is 0. The summed E-state index contributed by atoms with van der Waals surface area (Å²) in [5.74, 6) is -0.163. The molecule has 1 aromatic carbocycles. The van der Waals surface area contributed by atoms with Crippen LogP contribution in [0, 0.1) is 5.82 Å². The first-order valence-corrected chi connectivity index (χ1v) is 6.43. The Bertz CT molecular complexity index is 411. The third-order valence-corrected chi connectivity index (χ3v) is 3.46. The lowest BCUT2D eigenvalue weighted by atomic mass is 10.1. The molecule has 0 aromatic heterocycles. The van der Waals surface area contributed by atoms with Gasteiger partial charge in [0.2, 0.25) is 0 Å². The molecular formula is C14H21FN2O. The summed E-state index contributed by atoms with van der Waals surface area (Å²) in [6.07, 6.45) is 0.215. The molecule has 1 aromatic rings. The monoisotopic (exact) mass is 252 g/mol. The summed E-state index contributed by atoms with van der Waals surface area (Å²) < 4.78 is 19.5. The molecule has 1 aliphatic heterocycles. The van der Waals surface area contributed by atoms with E-state index in [1.165, 1.54) is 6.07 Å². The van der Waals surface area contributed by atoms with Crippen molar-refractivity contribution < 1.29 is 9.13 Å². The maximum atomic E-state index is 13.9. The van der Waals surface area contributed by atoms with Crippen molar-refractivity contribution >= 4 is 0 Å². The molecule has 18 heavy (non-hydrogen) atoms. The van der Waals surface area contributed by atoms with E-state index < -0.39 is 0 Å². The predicted molar refractivity (Wildman–Crippen MR) is 69.6 cm³/mol. The lowest BCUT2D eigenvalue weighted by molar-refractivity contribution is -0.0529. The number of rotatable bonds is 3. The van der Waals surface area contributed by atoms with Crippen LogP contribution in [0.25, 0.3) is 0 Å². The highest BCUT2D eigenvalue weighted by atomic mass is 19.1. The van der Waals surface area contributed by atoms with Crippen LogP contribution in [0.2, 0.25) is 0 Å². The maximum Gasteiger partial charge on any atom is 0.128 e. The van der Waals surface area contributed by atoms with Gasteiger partial charge in [-0.15, -0.1) is 0 Å². The molecule has 2 N–H and O–H groups in total. The third-order valence-electron chi connectivity index (χ3n) is 3.46. The summed E-state index contributed by atoms with van der Waals surface area (Å²) in [4.78, 5) is 2.26. The molecule has 2 rings (SSSR count). The minimum atomic E-state index is -0.163. The van der Waals surface area contributed by atoms with Crippen LogP contribution in [0.15, 0.2) is 18.2 Å². The molecule has 3 nitrogen and oxygen atoms in total. The van der Waals surface area contributed by atoms with Gasteiger partial charge in [-0.1, -0.05) is 12.1 Å². The van der Waals surface area contributed by atoms with Gasteiger partial charge in [0.1, 0.15) is 5.82 Å². The zero-order valence-corrected chi connectivity index (χ0v) is 11.0. The van der Waals surface area contributed by atoms with Crippen LogP contribution in [0.5, 0.6) is 0 Å². The number of ether oxygens (including phenoxy) is 1. The summed E-state index contributed by atoms with van der Waals surface area (Å²) in [5.41, 5.74) is 7.06. The molecule has 0 radical (unpaired) electrons. The van der Waals surface area contributed by atoms with E-state index in [0.717, 1.165) is 17.7 Å². The van der Waals surface area contributed by atoms with E-state index in [0.29, 0.717) is 25.7 Å². The van der Waals surface area contributed by atoms with E-state index in [1.807, 2.05) is 19.1 Å². The average molecular weight is 252 g/mol. The minimum absolute atomic E-state index is 0.163. The number of nitrogens with zero attached hydrogens (tertiary/aromatic N) is 1. The molecule has 2 atom stereocenters. The fourth-order valence-electron chi connectivity index (χ4n) is 2.26. The highest BCUT2D eigenvalue weighted by molar-refractivity contribution is 5.24. The zero-order chi connectivity index (χ0) is 13.1. The fraction of sp³-hybridized carbons (Fsp3) is 0.571. The van der Waals surface area contributed by atoms with Crippen molar-refractivity contribution in [3.63, 3.8) is 0 Å². The van der Waals surface area contributed by atoms with Gasteiger partial charge in [0.15, 0.2) is 0 Å². The quantitative estimate of drug-likeness (QED) is 0.893. The Morgan fingerprint density at radius 1 is 1.44 bits per heavy atom. The lowest BCUT2D eigenvalue weighted by Crippen LogP contribution is -2.46. The Morgan fingerprint density at radius 3 is 2.89 bits per heavy atom. The van der Waals surface area contributed by atoms with Crippen molar-refractivity contribution in [3.05, 3.63) is 35.1 Å². The second-order valence-electron chi connectivity index (χ2n) is 5.05. The summed E-state index contributed by atoms with van der Waals surface area (Å²) >= 11 is 0. The maximum absolute atomic E-state index is 13.9. The van der Waals surface area contributed by atoms with Crippen molar-refractivity contribution in [1.82, 2.24) is 4.90 Å². The van der Waals surface area contributed by atoms with E-state index >= 15 is 0 Å². The van der Waals surface area contributed by atoms with Crippen LogP contribution >= 0.6 is 0 Å². The van der Waals surface area contributed by atoms with Crippen LogP contribution in [0.1, 0.15) is 25.0 Å². The van der Waals surface area contributed by atoms with Gasteiger partial charge in [0, 0.05) is 31.2 Å². The topological polar surface area (TPSA) is 38.5 Å². The first-order valence-electron chi connectivity index (χ1n) is 6.43. The Balaban J connectivity index is 2.08. The molecule has 100 valence electrons. The number of benzene rings is 1. The van der Waals surface area contributed by atoms with Gasteiger partial charge in [-0.3, -0.25) is 4.90 Å². The van der Waals surface area contributed by atoms with Crippen molar-refractivity contribution in [2.45, 2.75) is 39.1 Å². The molecule has 0 amide bonds. The van der Waals surface area contributed by atoms with Gasteiger partial charge >= 0.3 is 0 Å². The van der Waals surface area contributed by atoms with Gasteiger partial charge in [-0.05, 0) is 25.5 Å². The van der Waals surface area contributed by atoms with Gasteiger partial charge in [0.25, 0.3) is 0 Å². The van der Waals surface area contributed by atoms with Crippen LogP contribution < -0.4 is 5.73 Å². The molecule has 2 unspecified atom stereocenters. The molecule has 4 heteroatoms. The van der Waals surface area contributed by atoms with E-state index in [1.54, 1.807) is 0 Å². The van der Waals surface area contributed by atoms with E-state index in [-0.39, 0.29) is 11.9 Å². The van der Waals surface area contributed by atoms with Crippen molar-refractivity contribution in [2.75, 3.05) is 13.2 Å². The average Bonchev–Trinajstić information content (AvgIpc) is 2.36. The Kier molecular flexibility index (Phi) is 4.32. The normalized spacial score (nSPS) is 25.3. The summed E-state index contributed by atoms with van der Waals surface area (Å²) in [6.45, 7) is 6.72. The standard InChI is InChI=1S/C14H21FN2O/c1-10-9-18-11(2)7-17(10)8-13-4-3-12(6-16)5-14(13)15/h3-5,10-11H,6-9,16H2,1-2H3. The zero-order valence-electron chi connectivity index (χ0n) is 11.0.